The molecule has 4 saturated heterocycles. The zero-order valence-corrected chi connectivity index (χ0v) is 24.0. The Labute approximate surface area is 256 Å². The fraction of sp³-hybridized carbons (Fsp3) is 1.00. The van der Waals surface area contributed by atoms with Gasteiger partial charge in [-0.2, -0.15) is 0 Å². The van der Waals surface area contributed by atoms with E-state index in [1.54, 1.807) is 0 Å². The van der Waals surface area contributed by atoms with Crippen molar-refractivity contribution in [3.63, 3.8) is 0 Å². The van der Waals surface area contributed by atoms with Gasteiger partial charge in [0.05, 0.1) is 32.5 Å². The number of hydrogen-bond donors (Lipinski definition) is 13. The maximum Gasteiger partial charge on any atom is 0.187 e. The van der Waals surface area contributed by atoms with E-state index >= 15 is 0 Å². The van der Waals surface area contributed by atoms with E-state index in [9.17, 15) is 66.4 Å². The van der Waals surface area contributed by atoms with Crippen LogP contribution in [-0.2, 0) is 33.2 Å². The summed E-state index contributed by atoms with van der Waals surface area (Å²) >= 11 is 0. The summed E-state index contributed by atoms with van der Waals surface area (Å²) in [4.78, 5) is 0. The maximum atomic E-state index is 11.1. The topological polar surface area (TPSA) is 328 Å². The van der Waals surface area contributed by atoms with Crippen molar-refractivity contribution in [2.75, 3.05) is 26.4 Å². The molecule has 45 heavy (non-hydrogen) atoms. The third-order valence-corrected chi connectivity index (χ3v) is 8.54. The summed E-state index contributed by atoms with van der Waals surface area (Å²) in [5, 5.41) is 133. The van der Waals surface area contributed by atoms with Crippen LogP contribution in [0.5, 0.6) is 0 Å². The first kappa shape index (κ1) is 37.0. The Hall–Kier alpha value is -0.800. The SMILES string of the molecule is C[C@H]1C(O)[C@@H](O)C(CO)O[C@H]1O[C@@H]1C(O)[C@@H](O[C@H]2C(CO)O[C@@H](O[C@@H]3C(CO)O[C@@H](O)C(O)[C@H]3O)C(O)[C@H]2O)OC(CO)[C@@H]1O. The maximum absolute atomic E-state index is 11.1. The molecular weight excluding hydrogens is 620 g/mol. The van der Waals surface area contributed by atoms with Crippen LogP contribution in [0.3, 0.4) is 0 Å². The van der Waals surface area contributed by atoms with E-state index in [0.29, 0.717) is 0 Å². The van der Waals surface area contributed by atoms with Crippen molar-refractivity contribution in [3.8, 4) is 0 Å². The second-order valence-electron chi connectivity index (χ2n) is 11.5. The molecule has 264 valence electrons. The number of aliphatic hydroxyl groups excluding tert-OH is 13. The molecule has 0 aromatic heterocycles. The van der Waals surface area contributed by atoms with Crippen LogP contribution in [0, 0.1) is 5.92 Å². The highest BCUT2D eigenvalue weighted by molar-refractivity contribution is 4.97. The molecule has 0 aromatic rings. The lowest BCUT2D eigenvalue weighted by atomic mass is 9.92. The first-order valence-electron chi connectivity index (χ1n) is 14.4. The van der Waals surface area contributed by atoms with Crippen molar-refractivity contribution in [2.45, 2.75) is 124 Å². The summed E-state index contributed by atoms with van der Waals surface area (Å²) in [6, 6.07) is 0. The van der Waals surface area contributed by atoms with E-state index in [1.807, 2.05) is 0 Å². The van der Waals surface area contributed by atoms with Crippen LogP contribution in [-0.4, -0.2) is 210 Å². The smallest absolute Gasteiger partial charge is 0.187 e. The monoisotopic (exact) mass is 664 g/mol. The molecule has 0 amide bonds. The van der Waals surface area contributed by atoms with Crippen molar-refractivity contribution in [1.82, 2.24) is 0 Å². The van der Waals surface area contributed by atoms with E-state index in [2.05, 4.69) is 0 Å². The van der Waals surface area contributed by atoms with E-state index in [1.165, 1.54) is 6.92 Å². The molecule has 4 fully saturated rings. The Balaban J connectivity index is 1.48. The van der Waals surface area contributed by atoms with Gasteiger partial charge in [0, 0.05) is 5.92 Å². The Kier molecular flexibility index (Phi) is 12.8. The molecule has 0 spiro atoms. The summed E-state index contributed by atoms with van der Waals surface area (Å²) < 4.78 is 38.4. The molecule has 0 bridgehead atoms. The minimum absolute atomic E-state index is 0.695. The highest BCUT2D eigenvalue weighted by Crippen LogP contribution is 2.35. The van der Waals surface area contributed by atoms with Crippen LogP contribution in [0.2, 0.25) is 0 Å². The van der Waals surface area contributed by atoms with E-state index < -0.39 is 149 Å². The second-order valence-corrected chi connectivity index (χ2v) is 11.5. The molecule has 20 nitrogen and oxygen atoms in total. The first-order valence-corrected chi connectivity index (χ1v) is 14.4. The molecule has 20 heteroatoms. The molecule has 4 heterocycles. The van der Waals surface area contributed by atoms with E-state index in [-0.39, 0.29) is 0 Å². The van der Waals surface area contributed by atoms with Crippen molar-refractivity contribution in [3.05, 3.63) is 0 Å². The molecule has 4 rings (SSSR count). The largest absolute Gasteiger partial charge is 0.394 e. The Morgan fingerprint density at radius 3 is 1.38 bits per heavy atom. The van der Waals surface area contributed by atoms with Gasteiger partial charge >= 0.3 is 0 Å². The molecule has 8 unspecified atom stereocenters. The fourth-order valence-electron chi connectivity index (χ4n) is 5.73. The number of aliphatic hydroxyl groups is 13. The van der Waals surface area contributed by atoms with Gasteiger partial charge in [0.15, 0.2) is 25.2 Å². The summed E-state index contributed by atoms with van der Waals surface area (Å²) in [6.07, 6.45) is -31.6. The van der Waals surface area contributed by atoms with Crippen LogP contribution in [0.15, 0.2) is 0 Å². The summed E-state index contributed by atoms with van der Waals surface area (Å²) in [6.45, 7) is -1.75. The molecule has 0 aliphatic carbocycles. The van der Waals surface area contributed by atoms with E-state index in [4.69, 9.17) is 33.2 Å². The second kappa shape index (κ2) is 15.6. The van der Waals surface area contributed by atoms with Gasteiger partial charge in [-0.3, -0.25) is 0 Å². The summed E-state index contributed by atoms with van der Waals surface area (Å²) in [7, 11) is 0. The lowest BCUT2D eigenvalue weighted by molar-refractivity contribution is -0.386. The normalized spacial score (nSPS) is 52.9. The Bertz CT molecular complexity index is 912. The zero-order chi connectivity index (χ0) is 33.3. The third-order valence-electron chi connectivity index (χ3n) is 8.54. The molecular formula is C25H44O20. The molecule has 0 saturated carbocycles. The Morgan fingerprint density at radius 2 is 0.822 bits per heavy atom. The van der Waals surface area contributed by atoms with Crippen LogP contribution in [0.4, 0.5) is 0 Å². The highest BCUT2D eigenvalue weighted by Gasteiger charge is 2.54. The molecule has 13 N–H and O–H groups in total. The van der Waals surface area contributed by atoms with Gasteiger partial charge in [-0.1, -0.05) is 6.92 Å². The van der Waals surface area contributed by atoms with Gasteiger partial charge in [0.25, 0.3) is 0 Å². The molecule has 4 aliphatic heterocycles. The van der Waals surface area contributed by atoms with Crippen molar-refractivity contribution in [2.24, 2.45) is 5.92 Å². The molecule has 4 aliphatic rings. The summed E-state index contributed by atoms with van der Waals surface area (Å²) in [5.74, 6) is -0.931. The van der Waals surface area contributed by atoms with Crippen LogP contribution < -0.4 is 0 Å². The summed E-state index contributed by atoms with van der Waals surface area (Å²) in [5.41, 5.74) is 0. The van der Waals surface area contributed by atoms with Gasteiger partial charge in [0.1, 0.15) is 85.5 Å². The van der Waals surface area contributed by atoms with Gasteiger partial charge < -0.3 is 99.5 Å². The average molecular weight is 665 g/mol. The van der Waals surface area contributed by atoms with Gasteiger partial charge in [0.2, 0.25) is 0 Å². The Morgan fingerprint density at radius 1 is 0.400 bits per heavy atom. The third kappa shape index (κ3) is 7.45. The predicted octanol–water partition coefficient (Wildman–Crippen LogP) is -8.47. The first-order chi connectivity index (χ1) is 21.3. The molecule has 0 radical (unpaired) electrons. The number of rotatable bonds is 10. The highest BCUT2D eigenvalue weighted by atomic mass is 16.8. The van der Waals surface area contributed by atoms with Crippen LogP contribution >= 0.6 is 0 Å². The standard InChI is InChI=1S/C25H44O20/c1-6-11(30)12(31)7(2-26)40-23(6)45-21-13(32)8(3-27)41-25(18(21)37)44-20-10(5-29)42-24(17(36)15(20)34)43-19-9(4-28)39-22(38)16(35)14(19)33/h6-38H,2-5H2,1H3/t6-,7?,8?,9?,10?,11?,12-,13-,14+,15+,16?,17?,18?,19+,20-,21-,22+,23-,24-,25+/m0/s1. The van der Waals surface area contributed by atoms with Gasteiger partial charge in [-0.05, 0) is 0 Å². The van der Waals surface area contributed by atoms with Crippen molar-refractivity contribution >= 4 is 0 Å². The minimum atomic E-state index is -1.99. The van der Waals surface area contributed by atoms with Gasteiger partial charge in [-0.15, -0.1) is 0 Å². The fourth-order valence-corrected chi connectivity index (χ4v) is 5.73. The van der Waals surface area contributed by atoms with Crippen LogP contribution in [0.1, 0.15) is 6.92 Å². The lowest BCUT2D eigenvalue weighted by Gasteiger charge is -2.49. The number of hydrogen-bond acceptors (Lipinski definition) is 20. The predicted molar refractivity (Wildman–Crippen MR) is 137 cm³/mol. The van der Waals surface area contributed by atoms with E-state index in [0.717, 1.165) is 0 Å². The van der Waals surface area contributed by atoms with Crippen molar-refractivity contribution < 1.29 is 99.5 Å². The lowest BCUT2D eigenvalue weighted by Crippen LogP contribution is -2.67. The van der Waals surface area contributed by atoms with Crippen LogP contribution in [0.25, 0.3) is 0 Å². The van der Waals surface area contributed by atoms with Crippen molar-refractivity contribution in [1.29, 1.82) is 0 Å². The van der Waals surface area contributed by atoms with Gasteiger partial charge in [-0.25, -0.2) is 0 Å². The minimum Gasteiger partial charge on any atom is -0.394 e. The molecule has 20 atom stereocenters. The average Bonchev–Trinajstić information content (AvgIpc) is 3.03. The zero-order valence-electron chi connectivity index (χ0n) is 24.0. The number of ether oxygens (including phenoxy) is 7. The quantitative estimate of drug-likeness (QED) is 0.103. The molecule has 0 aromatic carbocycles.